The van der Waals surface area contributed by atoms with Crippen molar-refractivity contribution in [3.63, 3.8) is 0 Å². The van der Waals surface area contributed by atoms with Crippen molar-refractivity contribution in [1.82, 2.24) is 4.98 Å². The Hall–Kier alpha value is -1.28. The van der Waals surface area contributed by atoms with Crippen molar-refractivity contribution in [2.45, 2.75) is 25.7 Å². The van der Waals surface area contributed by atoms with Crippen LogP contribution in [0.4, 0.5) is 5.69 Å². The Morgan fingerprint density at radius 1 is 1.41 bits per heavy atom. The second-order valence-electron chi connectivity index (χ2n) is 4.54. The highest BCUT2D eigenvalue weighted by molar-refractivity contribution is 6.35. The molecule has 0 bridgehead atoms. The molecule has 1 aromatic carbocycles. The van der Waals surface area contributed by atoms with Crippen LogP contribution in [0.5, 0.6) is 0 Å². The number of anilines is 1. The minimum absolute atomic E-state index is 0.646. The summed E-state index contributed by atoms with van der Waals surface area (Å²) in [6.07, 6.45) is 2.52. The van der Waals surface area contributed by atoms with E-state index in [0.29, 0.717) is 5.92 Å². The van der Waals surface area contributed by atoms with E-state index in [2.05, 4.69) is 24.4 Å². The number of rotatable bonds is 3. The molecule has 1 saturated carbocycles. The van der Waals surface area contributed by atoms with E-state index in [9.17, 15) is 0 Å². The Bertz CT molecular complexity index is 561. The normalized spacial score (nSPS) is 15.2. The molecule has 1 aliphatic rings. The van der Waals surface area contributed by atoms with Crippen LogP contribution in [0.2, 0.25) is 5.02 Å². The maximum atomic E-state index is 6.24. The zero-order valence-electron chi connectivity index (χ0n) is 9.83. The van der Waals surface area contributed by atoms with Crippen molar-refractivity contribution in [1.29, 1.82) is 0 Å². The van der Waals surface area contributed by atoms with Crippen LogP contribution < -0.4 is 5.32 Å². The molecule has 0 saturated heterocycles. The van der Waals surface area contributed by atoms with Gasteiger partial charge in [-0.2, -0.15) is 0 Å². The predicted molar refractivity (Wildman–Crippen MR) is 72.9 cm³/mol. The largest absolute Gasteiger partial charge is 0.385 e. The van der Waals surface area contributed by atoms with Crippen LogP contribution in [0.3, 0.4) is 0 Å². The van der Waals surface area contributed by atoms with E-state index in [1.54, 1.807) is 0 Å². The summed E-state index contributed by atoms with van der Waals surface area (Å²) in [6.45, 7) is 3.02. The molecule has 0 aliphatic heterocycles. The standard InChI is InChI=1S/C14H15ClN2/c1-2-16-13-8-12(9-6-7-9)17-14-10(13)4-3-5-11(14)15/h3-5,8-9H,2,6-7H2,1H3,(H,16,17). The summed E-state index contributed by atoms with van der Waals surface area (Å²) in [6, 6.07) is 8.13. The van der Waals surface area contributed by atoms with Gasteiger partial charge in [0.1, 0.15) is 0 Å². The quantitative estimate of drug-likeness (QED) is 0.878. The molecule has 3 heteroatoms. The van der Waals surface area contributed by atoms with Gasteiger partial charge in [0, 0.05) is 29.2 Å². The van der Waals surface area contributed by atoms with Gasteiger partial charge >= 0.3 is 0 Å². The summed E-state index contributed by atoms with van der Waals surface area (Å²) in [4.78, 5) is 4.71. The van der Waals surface area contributed by atoms with Gasteiger partial charge in [-0.1, -0.05) is 23.7 Å². The minimum atomic E-state index is 0.646. The Kier molecular flexibility index (Phi) is 2.67. The summed E-state index contributed by atoms with van der Waals surface area (Å²) >= 11 is 6.24. The van der Waals surface area contributed by atoms with Crippen LogP contribution in [0.15, 0.2) is 24.3 Å². The second-order valence-corrected chi connectivity index (χ2v) is 4.94. The highest BCUT2D eigenvalue weighted by Crippen LogP contribution is 2.41. The molecule has 88 valence electrons. The van der Waals surface area contributed by atoms with Gasteiger partial charge in [-0.3, -0.25) is 4.98 Å². The lowest BCUT2D eigenvalue weighted by Gasteiger charge is -2.11. The first kappa shape index (κ1) is 10.8. The minimum Gasteiger partial charge on any atom is -0.385 e. The van der Waals surface area contributed by atoms with E-state index in [4.69, 9.17) is 16.6 Å². The average molecular weight is 247 g/mol. The van der Waals surface area contributed by atoms with Gasteiger partial charge in [0.2, 0.25) is 0 Å². The van der Waals surface area contributed by atoms with Crippen molar-refractivity contribution < 1.29 is 0 Å². The van der Waals surface area contributed by atoms with Gasteiger partial charge in [0.15, 0.2) is 0 Å². The molecule has 0 spiro atoms. The molecule has 1 N–H and O–H groups in total. The zero-order chi connectivity index (χ0) is 11.8. The number of nitrogens with one attached hydrogen (secondary N) is 1. The van der Waals surface area contributed by atoms with Gasteiger partial charge in [-0.05, 0) is 31.9 Å². The van der Waals surface area contributed by atoms with Crippen molar-refractivity contribution in [3.05, 3.63) is 35.0 Å². The number of halogens is 1. The van der Waals surface area contributed by atoms with E-state index in [0.717, 1.165) is 28.2 Å². The van der Waals surface area contributed by atoms with Crippen molar-refractivity contribution in [2.24, 2.45) is 0 Å². The van der Waals surface area contributed by atoms with Crippen molar-refractivity contribution in [2.75, 3.05) is 11.9 Å². The van der Waals surface area contributed by atoms with Gasteiger partial charge < -0.3 is 5.32 Å². The number of aromatic nitrogens is 1. The fourth-order valence-corrected chi connectivity index (χ4v) is 2.38. The number of pyridine rings is 1. The molecule has 2 nitrogen and oxygen atoms in total. The molecule has 0 unspecified atom stereocenters. The van der Waals surface area contributed by atoms with E-state index in [-0.39, 0.29) is 0 Å². The summed E-state index contributed by atoms with van der Waals surface area (Å²) in [5, 5.41) is 5.26. The average Bonchev–Trinajstić information content (AvgIpc) is 3.14. The third kappa shape index (κ3) is 1.98. The van der Waals surface area contributed by atoms with Gasteiger partial charge in [0.25, 0.3) is 0 Å². The van der Waals surface area contributed by atoms with E-state index in [1.165, 1.54) is 18.5 Å². The zero-order valence-corrected chi connectivity index (χ0v) is 10.6. The molecule has 0 amide bonds. The first-order chi connectivity index (χ1) is 8.29. The lowest BCUT2D eigenvalue weighted by atomic mass is 10.1. The van der Waals surface area contributed by atoms with Crippen LogP contribution >= 0.6 is 11.6 Å². The summed E-state index contributed by atoms with van der Waals surface area (Å²) < 4.78 is 0. The van der Waals surface area contributed by atoms with E-state index < -0.39 is 0 Å². The number of para-hydroxylation sites is 1. The Morgan fingerprint density at radius 3 is 2.94 bits per heavy atom. The molecule has 0 radical (unpaired) electrons. The smallest absolute Gasteiger partial charge is 0.0912 e. The third-order valence-electron chi connectivity index (χ3n) is 3.17. The fourth-order valence-electron chi connectivity index (χ4n) is 2.16. The number of benzene rings is 1. The lowest BCUT2D eigenvalue weighted by Crippen LogP contribution is -2.00. The van der Waals surface area contributed by atoms with Crippen LogP contribution in [0.25, 0.3) is 10.9 Å². The number of nitrogens with zero attached hydrogens (tertiary/aromatic N) is 1. The van der Waals surface area contributed by atoms with E-state index >= 15 is 0 Å². The number of fused-ring (bicyclic) bond motifs is 1. The van der Waals surface area contributed by atoms with Gasteiger partial charge in [0.05, 0.1) is 10.5 Å². The second kappa shape index (κ2) is 4.19. The highest BCUT2D eigenvalue weighted by Gasteiger charge is 2.26. The van der Waals surface area contributed by atoms with Crippen LogP contribution in [-0.4, -0.2) is 11.5 Å². The number of hydrogen-bond acceptors (Lipinski definition) is 2. The van der Waals surface area contributed by atoms with Crippen molar-refractivity contribution >= 4 is 28.2 Å². The number of hydrogen-bond donors (Lipinski definition) is 1. The lowest BCUT2D eigenvalue weighted by molar-refractivity contribution is 1.04. The predicted octanol–water partition coefficient (Wildman–Crippen LogP) is 4.20. The van der Waals surface area contributed by atoms with Crippen LogP contribution in [0, 0.1) is 0 Å². The highest BCUT2D eigenvalue weighted by atomic mass is 35.5. The van der Waals surface area contributed by atoms with Crippen LogP contribution in [0.1, 0.15) is 31.4 Å². The first-order valence-corrected chi connectivity index (χ1v) is 6.50. The van der Waals surface area contributed by atoms with Gasteiger partial charge in [-0.15, -0.1) is 0 Å². The molecular weight excluding hydrogens is 232 g/mol. The summed E-state index contributed by atoms with van der Waals surface area (Å²) in [7, 11) is 0. The fraction of sp³-hybridized carbons (Fsp3) is 0.357. The topological polar surface area (TPSA) is 24.9 Å². The van der Waals surface area contributed by atoms with Crippen LogP contribution in [-0.2, 0) is 0 Å². The SMILES string of the molecule is CCNc1cc(C2CC2)nc2c(Cl)cccc12. The Labute approximate surface area is 106 Å². The molecule has 3 rings (SSSR count). The molecular formula is C14H15ClN2. The molecule has 1 heterocycles. The van der Waals surface area contributed by atoms with E-state index in [1.807, 2.05) is 12.1 Å². The third-order valence-corrected chi connectivity index (χ3v) is 3.48. The summed E-state index contributed by atoms with van der Waals surface area (Å²) in [5.74, 6) is 0.646. The monoisotopic (exact) mass is 246 g/mol. The molecule has 0 atom stereocenters. The molecule has 1 aliphatic carbocycles. The van der Waals surface area contributed by atoms with Gasteiger partial charge in [-0.25, -0.2) is 0 Å². The Morgan fingerprint density at radius 2 is 2.24 bits per heavy atom. The summed E-state index contributed by atoms with van der Waals surface area (Å²) in [5.41, 5.74) is 3.26. The maximum Gasteiger partial charge on any atom is 0.0912 e. The molecule has 2 aromatic rings. The van der Waals surface area contributed by atoms with Crippen molar-refractivity contribution in [3.8, 4) is 0 Å². The Balaban J connectivity index is 2.23. The maximum absolute atomic E-state index is 6.24. The molecule has 1 aromatic heterocycles. The molecule has 17 heavy (non-hydrogen) atoms. The molecule has 1 fully saturated rings. The first-order valence-electron chi connectivity index (χ1n) is 6.12.